The molecule has 1 aliphatic rings. The molecule has 20 heavy (non-hydrogen) atoms. The largest absolute Gasteiger partial charge is 0.345 e. The highest BCUT2D eigenvalue weighted by molar-refractivity contribution is 7.22. The van der Waals surface area contributed by atoms with E-state index in [1.54, 1.807) is 11.3 Å². The lowest BCUT2D eigenvalue weighted by atomic mass is 10.2. The number of aromatic nitrogens is 1. The minimum absolute atomic E-state index is 0.0625. The predicted molar refractivity (Wildman–Crippen MR) is 83.1 cm³/mol. The van der Waals surface area contributed by atoms with E-state index in [0.29, 0.717) is 0 Å². The van der Waals surface area contributed by atoms with Gasteiger partial charge in [0.15, 0.2) is 5.13 Å². The molecule has 1 fully saturated rings. The Bertz CT molecular complexity index is 589. The SMILES string of the molecule is CCC(C#N)N1CCN(c2nc3ccccc3s2)CC1. The zero-order valence-corrected chi connectivity index (χ0v) is 12.4. The molecule has 0 radical (unpaired) electrons. The van der Waals surface area contributed by atoms with Gasteiger partial charge in [-0.25, -0.2) is 4.98 Å². The third-order valence-corrected chi connectivity index (χ3v) is 4.94. The van der Waals surface area contributed by atoms with E-state index < -0.39 is 0 Å². The average molecular weight is 286 g/mol. The van der Waals surface area contributed by atoms with Gasteiger partial charge < -0.3 is 4.90 Å². The number of anilines is 1. The van der Waals surface area contributed by atoms with Crippen molar-refractivity contribution in [3.05, 3.63) is 24.3 Å². The smallest absolute Gasteiger partial charge is 0.186 e. The Hall–Kier alpha value is -1.64. The molecule has 0 bridgehead atoms. The van der Waals surface area contributed by atoms with E-state index in [2.05, 4.69) is 41.0 Å². The number of fused-ring (bicyclic) bond motifs is 1. The first-order valence-corrected chi connectivity index (χ1v) is 7.87. The summed E-state index contributed by atoms with van der Waals surface area (Å²) in [4.78, 5) is 9.33. The molecular formula is C15H18N4S. The molecule has 1 aliphatic heterocycles. The molecule has 1 aromatic carbocycles. The molecule has 1 unspecified atom stereocenters. The summed E-state index contributed by atoms with van der Waals surface area (Å²) in [6.07, 6.45) is 0.900. The monoisotopic (exact) mass is 286 g/mol. The number of rotatable bonds is 3. The van der Waals surface area contributed by atoms with Crippen molar-refractivity contribution in [2.75, 3.05) is 31.1 Å². The van der Waals surface area contributed by atoms with Crippen molar-refractivity contribution in [3.8, 4) is 6.07 Å². The Morgan fingerprint density at radius 2 is 2.05 bits per heavy atom. The second-order valence-electron chi connectivity index (χ2n) is 5.04. The highest BCUT2D eigenvalue weighted by atomic mass is 32.1. The lowest BCUT2D eigenvalue weighted by Gasteiger charge is -2.36. The summed E-state index contributed by atoms with van der Waals surface area (Å²) in [5.74, 6) is 0. The van der Waals surface area contributed by atoms with E-state index in [0.717, 1.165) is 43.2 Å². The van der Waals surface area contributed by atoms with E-state index in [9.17, 15) is 0 Å². The van der Waals surface area contributed by atoms with Gasteiger partial charge in [-0.3, -0.25) is 4.90 Å². The van der Waals surface area contributed by atoms with Crippen LogP contribution in [0.5, 0.6) is 0 Å². The molecular weight excluding hydrogens is 268 g/mol. The number of nitrogens with zero attached hydrogens (tertiary/aromatic N) is 4. The lowest BCUT2D eigenvalue weighted by molar-refractivity contribution is 0.216. The Labute approximate surface area is 123 Å². The van der Waals surface area contributed by atoms with E-state index in [1.165, 1.54) is 4.70 Å². The third-order valence-electron chi connectivity index (χ3n) is 3.84. The molecule has 104 valence electrons. The van der Waals surface area contributed by atoms with Crippen LogP contribution < -0.4 is 4.90 Å². The Balaban J connectivity index is 1.70. The minimum Gasteiger partial charge on any atom is -0.345 e. The number of hydrogen-bond acceptors (Lipinski definition) is 5. The first-order valence-electron chi connectivity index (χ1n) is 7.06. The fraction of sp³-hybridized carbons (Fsp3) is 0.467. The maximum Gasteiger partial charge on any atom is 0.186 e. The number of piperazine rings is 1. The van der Waals surface area contributed by atoms with E-state index in [4.69, 9.17) is 10.2 Å². The zero-order valence-electron chi connectivity index (χ0n) is 11.6. The molecule has 1 aromatic heterocycles. The van der Waals surface area contributed by atoms with Crippen LogP contribution in [-0.4, -0.2) is 42.1 Å². The highest BCUT2D eigenvalue weighted by Gasteiger charge is 2.24. The maximum atomic E-state index is 9.14. The van der Waals surface area contributed by atoms with Crippen LogP contribution >= 0.6 is 11.3 Å². The number of thiazole rings is 1. The fourth-order valence-electron chi connectivity index (χ4n) is 2.65. The van der Waals surface area contributed by atoms with Gasteiger partial charge >= 0.3 is 0 Å². The molecule has 3 rings (SSSR count). The third kappa shape index (κ3) is 2.49. The summed E-state index contributed by atoms with van der Waals surface area (Å²) < 4.78 is 1.24. The first-order chi connectivity index (χ1) is 9.81. The van der Waals surface area contributed by atoms with E-state index in [-0.39, 0.29) is 6.04 Å². The second kappa shape index (κ2) is 5.78. The standard InChI is InChI=1S/C15H18N4S/c1-2-12(11-16)18-7-9-19(10-8-18)15-17-13-5-3-4-6-14(13)20-15/h3-6,12H,2,7-10H2,1H3. The van der Waals surface area contributed by atoms with Gasteiger partial charge in [-0.1, -0.05) is 30.4 Å². The van der Waals surface area contributed by atoms with Crippen molar-refractivity contribution in [2.24, 2.45) is 0 Å². The first kappa shape index (κ1) is 13.3. The zero-order chi connectivity index (χ0) is 13.9. The average Bonchev–Trinajstić information content (AvgIpc) is 2.93. The van der Waals surface area contributed by atoms with Gasteiger partial charge in [0, 0.05) is 26.2 Å². The van der Waals surface area contributed by atoms with Crippen molar-refractivity contribution < 1.29 is 0 Å². The Kier molecular flexibility index (Phi) is 3.86. The Morgan fingerprint density at radius 1 is 1.30 bits per heavy atom. The van der Waals surface area contributed by atoms with Crippen molar-refractivity contribution in [2.45, 2.75) is 19.4 Å². The van der Waals surface area contributed by atoms with Crippen LogP contribution in [0.1, 0.15) is 13.3 Å². The molecule has 1 atom stereocenters. The summed E-state index contributed by atoms with van der Waals surface area (Å²) in [6, 6.07) is 10.7. The van der Waals surface area contributed by atoms with Crippen molar-refractivity contribution in [1.82, 2.24) is 9.88 Å². The molecule has 2 aromatic rings. The number of nitriles is 1. The van der Waals surface area contributed by atoms with Crippen LogP contribution in [0.25, 0.3) is 10.2 Å². The van der Waals surface area contributed by atoms with Gasteiger partial charge in [-0.2, -0.15) is 5.26 Å². The van der Waals surface area contributed by atoms with Gasteiger partial charge in [0.2, 0.25) is 0 Å². The molecule has 0 spiro atoms. The molecule has 0 amide bonds. The van der Waals surface area contributed by atoms with Crippen LogP contribution in [0.3, 0.4) is 0 Å². The molecule has 0 saturated carbocycles. The fourth-order valence-corrected chi connectivity index (χ4v) is 3.67. The minimum atomic E-state index is 0.0625. The summed E-state index contributed by atoms with van der Waals surface area (Å²) >= 11 is 1.76. The molecule has 0 N–H and O–H groups in total. The molecule has 4 nitrogen and oxygen atoms in total. The van der Waals surface area contributed by atoms with Crippen LogP contribution in [0, 0.1) is 11.3 Å². The Morgan fingerprint density at radius 3 is 2.70 bits per heavy atom. The van der Waals surface area contributed by atoms with Crippen LogP contribution in [0.4, 0.5) is 5.13 Å². The second-order valence-corrected chi connectivity index (χ2v) is 6.05. The summed E-state index contributed by atoms with van der Waals surface area (Å²) in [5.41, 5.74) is 1.08. The normalized spacial score (nSPS) is 18.1. The van der Waals surface area contributed by atoms with Crippen molar-refractivity contribution in [1.29, 1.82) is 5.26 Å². The van der Waals surface area contributed by atoms with E-state index in [1.807, 2.05) is 6.07 Å². The van der Waals surface area contributed by atoms with Gasteiger partial charge in [0.25, 0.3) is 0 Å². The highest BCUT2D eigenvalue weighted by Crippen LogP contribution is 2.29. The van der Waals surface area contributed by atoms with Gasteiger partial charge in [0.05, 0.1) is 22.3 Å². The maximum absolute atomic E-state index is 9.14. The quantitative estimate of drug-likeness (QED) is 0.870. The summed E-state index contributed by atoms with van der Waals surface area (Å²) in [5, 5.41) is 10.2. The van der Waals surface area contributed by atoms with Gasteiger partial charge in [-0.05, 0) is 18.6 Å². The summed E-state index contributed by atoms with van der Waals surface area (Å²) in [7, 11) is 0. The number of para-hydroxylation sites is 1. The van der Waals surface area contributed by atoms with E-state index >= 15 is 0 Å². The molecule has 1 saturated heterocycles. The van der Waals surface area contributed by atoms with Gasteiger partial charge in [0.1, 0.15) is 0 Å². The van der Waals surface area contributed by atoms with Crippen LogP contribution in [0.15, 0.2) is 24.3 Å². The molecule has 2 heterocycles. The van der Waals surface area contributed by atoms with Gasteiger partial charge in [-0.15, -0.1) is 0 Å². The van der Waals surface area contributed by atoms with Crippen molar-refractivity contribution >= 4 is 26.7 Å². The van der Waals surface area contributed by atoms with Crippen LogP contribution in [0.2, 0.25) is 0 Å². The molecule has 0 aliphatic carbocycles. The summed E-state index contributed by atoms with van der Waals surface area (Å²) in [6.45, 7) is 5.88. The van der Waals surface area contributed by atoms with Crippen molar-refractivity contribution in [3.63, 3.8) is 0 Å². The number of benzene rings is 1. The topological polar surface area (TPSA) is 43.2 Å². The number of hydrogen-bond donors (Lipinski definition) is 0. The molecule has 5 heteroatoms. The predicted octanol–water partition coefficient (Wildman–Crippen LogP) is 2.72. The lowest BCUT2D eigenvalue weighted by Crippen LogP contribution is -2.49. The van der Waals surface area contributed by atoms with Crippen LogP contribution in [-0.2, 0) is 0 Å².